The lowest BCUT2D eigenvalue weighted by Gasteiger charge is -2.09. The van der Waals surface area contributed by atoms with Crippen molar-refractivity contribution in [2.75, 3.05) is 18.4 Å². The average Bonchev–Trinajstić information content (AvgIpc) is 2.36. The molecule has 0 saturated heterocycles. The summed E-state index contributed by atoms with van der Waals surface area (Å²) in [4.78, 5) is 11.5. The van der Waals surface area contributed by atoms with Crippen molar-refractivity contribution in [3.8, 4) is 6.07 Å². The van der Waals surface area contributed by atoms with Crippen LogP contribution in [0.5, 0.6) is 0 Å². The Morgan fingerprint density at radius 2 is 2.22 bits per heavy atom. The Hall–Kier alpha value is -2.02. The molecule has 0 spiro atoms. The Morgan fingerprint density at radius 3 is 2.89 bits per heavy atom. The molecule has 0 aliphatic rings. The molecule has 1 amide bonds. The van der Waals surface area contributed by atoms with Gasteiger partial charge in [0.15, 0.2) is 0 Å². The molecule has 0 fully saturated rings. The quantitative estimate of drug-likeness (QED) is 0.807. The first-order valence-electron chi connectivity index (χ1n) is 6.12. The van der Waals surface area contributed by atoms with Gasteiger partial charge in [-0.2, -0.15) is 5.26 Å². The Balaban J connectivity index is 2.31. The van der Waals surface area contributed by atoms with Gasteiger partial charge in [0.05, 0.1) is 18.2 Å². The Kier molecular flexibility index (Phi) is 5.72. The summed E-state index contributed by atoms with van der Waals surface area (Å²) in [6.45, 7) is 5.18. The topological polar surface area (TPSA) is 64.9 Å². The second kappa shape index (κ2) is 7.33. The molecule has 0 atom stereocenters. The third kappa shape index (κ3) is 5.35. The molecule has 0 bridgehead atoms. The number of hydrogen-bond donors (Lipinski definition) is 2. The fourth-order valence-corrected chi connectivity index (χ4v) is 1.44. The maximum absolute atomic E-state index is 11.5. The van der Waals surface area contributed by atoms with Crippen LogP contribution >= 0.6 is 0 Å². The van der Waals surface area contributed by atoms with E-state index in [4.69, 9.17) is 5.26 Å². The first-order valence-corrected chi connectivity index (χ1v) is 6.12. The summed E-state index contributed by atoms with van der Waals surface area (Å²) in [6, 6.07) is 9.14. The van der Waals surface area contributed by atoms with Crippen LogP contribution in [0.25, 0.3) is 0 Å². The molecular weight excluding hydrogens is 226 g/mol. The molecule has 0 radical (unpaired) electrons. The third-order valence-corrected chi connectivity index (χ3v) is 2.49. The summed E-state index contributed by atoms with van der Waals surface area (Å²) in [5.41, 5.74) is 1.37. The van der Waals surface area contributed by atoms with Crippen LogP contribution in [-0.4, -0.2) is 19.0 Å². The molecule has 0 aliphatic carbocycles. The van der Waals surface area contributed by atoms with Crippen LogP contribution in [0, 0.1) is 17.2 Å². The Bertz CT molecular complexity index is 435. The molecular formula is C14H19N3O. The minimum Gasteiger partial charge on any atom is -0.376 e. The standard InChI is InChI=1S/C14H19N3O/c1-11(2)6-7-16-14(18)10-17-13-5-3-4-12(8-13)9-15/h3-5,8,11,17H,6-7,10H2,1-2H3,(H,16,18). The van der Waals surface area contributed by atoms with Crippen molar-refractivity contribution >= 4 is 11.6 Å². The monoisotopic (exact) mass is 245 g/mol. The number of carbonyl (C=O) groups excluding carboxylic acids is 1. The Morgan fingerprint density at radius 1 is 1.44 bits per heavy atom. The molecule has 4 nitrogen and oxygen atoms in total. The van der Waals surface area contributed by atoms with Gasteiger partial charge in [0.1, 0.15) is 0 Å². The maximum atomic E-state index is 11.5. The third-order valence-electron chi connectivity index (χ3n) is 2.49. The number of hydrogen-bond acceptors (Lipinski definition) is 3. The van der Waals surface area contributed by atoms with Crippen molar-refractivity contribution in [3.63, 3.8) is 0 Å². The van der Waals surface area contributed by atoms with Gasteiger partial charge in [-0.3, -0.25) is 4.79 Å². The number of nitrogens with zero attached hydrogens (tertiary/aromatic N) is 1. The van der Waals surface area contributed by atoms with E-state index in [0.717, 1.165) is 12.1 Å². The SMILES string of the molecule is CC(C)CCNC(=O)CNc1cccc(C#N)c1. The summed E-state index contributed by atoms with van der Waals surface area (Å²) in [6.07, 6.45) is 0.982. The highest BCUT2D eigenvalue weighted by molar-refractivity contribution is 5.80. The number of nitriles is 1. The van der Waals surface area contributed by atoms with Gasteiger partial charge in [-0.25, -0.2) is 0 Å². The first kappa shape index (κ1) is 14.0. The molecule has 2 N–H and O–H groups in total. The molecule has 0 aliphatic heterocycles. The normalized spacial score (nSPS) is 9.89. The van der Waals surface area contributed by atoms with E-state index in [-0.39, 0.29) is 12.5 Å². The highest BCUT2D eigenvalue weighted by Gasteiger charge is 2.01. The number of rotatable bonds is 6. The zero-order valence-electron chi connectivity index (χ0n) is 10.9. The molecule has 0 heterocycles. The highest BCUT2D eigenvalue weighted by atomic mass is 16.1. The van der Waals surface area contributed by atoms with Gasteiger partial charge in [-0.15, -0.1) is 0 Å². The summed E-state index contributed by atoms with van der Waals surface area (Å²) < 4.78 is 0. The lowest BCUT2D eigenvalue weighted by Crippen LogP contribution is -2.31. The van der Waals surface area contributed by atoms with E-state index in [9.17, 15) is 4.79 Å². The fourth-order valence-electron chi connectivity index (χ4n) is 1.44. The van der Waals surface area contributed by atoms with E-state index in [0.29, 0.717) is 18.0 Å². The Labute approximate surface area is 108 Å². The van der Waals surface area contributed by atoms with E-state index in [1.807, 2.05) is 6.07 Å². The summed E-state index contributed by atoms with van der Waals surface area (Å²) in [5.74, 6) is 0.559. The van der Waals surface area contributed by atoms with Crippen LogP contribution in [0.3, 0.4) is 0 Å². The van der Waals surface area contributed by atoms with Gasteiger partial charge >= 0.3 is 0 Å². The van der Waals surface area contributed by atoms with Gasteiger partial charge in [0, 0.05) is 12.2 Å². The molecule has 4 heteroatoms. The van der Waals surface area contributed by atoms with Crippen molar-refractivity contribution in [3.05, 3.63) is 29.8 Å². The molecule has 96 valence electrons. The van der Waals surface area contributed by atoms with E-state index in [1.54, 1.807) is 18.2 Å². The maximum Gasteiger partial charge on any atom is 0.239 e. The highest BCUT2D eigenvalue weighted by Crippen LogP contribution is 2.08. The van der Waals surface area contributed by atoms with E-state index < -0.39 is 0 Å². The summed E-state index contributed by atoms with van der Waals surface area (Å²) >= 11 is 0. The lowest BCUT2D eigenvalue weighted by atomic mass is 10.1. The molecule has 1 rings (SSSR count). The van der Waals surface area contributed by atoms with Crippen molar-refractivity contribution in [1.82, 2.24) is 5.32 Å². The minimum absolute atomic E-state index is 0.0296. The fraction of sp³-hybridized carbons (Fsp3) is 0.429. The van der Waals surface area contributed by atoms with Gasteiger partial charge in [-0.05, 0) is 30.5 Å². The lowest BCUT2D eigenvalue weighted by molar-refractivity contribution is -0.119. The predicted octanol–water partition coefficient (Wildman–Crippen LogP) is 2.13. The smallest absolute Gasteiger partial charge is 0.239 e. The van der Waals surface area contributed by atoms with Gasteiger partial charge in [-0.1, -0.05) is 19.9 Å². The minimum atomic E-state index is -0.0296. The molecule has 18 heavy (non-hydrogen) atoms. The zero-order valence-corrected chi connectivity index (χ0v) is 10.9. The summed E-state index contributed by atoms with van der Waals surface area (Å²) in [7, 11) is 0. The van der Waals surface area contributed by atoms with Crippen LogP contribution in [0.1, 0.15) is 25.8 Å². The predicted molar refractivity (Wildman–Crippen MR) is 72.1 cm³/mol. The number of nitrogens with one attached hydrogen (secondary N) is 2. The molecule has 1 aromatic carbocycles. The average molecular weight is 245 g/mol. The number of benzene rings is 1. The second-order valence-corrected chi connectivity index (χ2v) is 4.58. The van der Waals surface area contributed by atoms with Gasteiger partial charge in [0.25, 0.3) is 0 Å². The van der Waals surface area contributed by atoms with Crippen LogP contribution in [0.15, 0.2) is 24.3 Å². The second-order valence-electron chi connectivity index (χ2n) is 4.58. The van der Waals surface area contributed by atoms with Crippen LogP contribution in [-0.2, 0) is 4.79 Å². The van der Waals surface area contributed by atoms with Crippen molar-refractivity contribution in [2.24, 2.45) is 5.92 Å². The molecule has 0 unspecified atom stereocenters. The number of anilines is 1. The van der Waals surface area contributed by atoms with Crippen molar-refractivity contribution < 1.29 is 4.79 Å². The van der Waals surface area contributed by atoms with E-state index >= 15 is 0 Å². The van der Waals surface area contributed by atoms with Crippen LogP contribution < -0.4 is 10.6 Å². The molecule has 1 aromatic rings. The van der Waals surface area contributed by atoms with Gasteiger partial charge in [0.2, 0.25) is 5.91 Å². The van der Waals surface area contributed by atoms with Crippen LogP contribution in [0.4, 0.5) is 5.69 Å². The van der Waals surface area contributed by atoms with Crippen molar-refractivity contribution in [2.45, 2.75) is 20.3 Å². The molecule has 0 aromatic heterocycles. The number of carbonyl (C=O) groups is 1. The number of amides is 1. The largest absolute Gasteiger partial charge is 0.376 e. The van der Waals surface area contributed by atoms with E-state index in [2.05, 4.69) is 30.6 Å². The van der Waals surface area contributed by atoms with Crippen LogP contribution in [0.2, 0.25) is 0 Å². The van der Waals surface area contributed by atoms with Gasteiger partial charge < -0.3 is 10.6 Å². The zero-order chi connectivity index (χ0) is 13.4. The van der Waals surface area contributed by atoms with Crippen molar-refractivity contribution in [1.29, 1.82) is 5.26 Å². The van der Waals surface area contributed by atoms with E-state index in [1.165, 1.54) is 0 Å². The summed E-state index contributed by atoms with van der Waals surface area (Å²) in [5, 5.41) is 14.6. The first-order chi connectivity index (χ1) is 8.61. The molecule has 0 saturated carbocycles.